The number of carbonyl (C=O) groups excluding carboxylic acids is 2. The fourth-order valence-corrected chi connectivity index (χ4v) is 2.63. The summed E-state index contributed by atoms with van der Waals surface area (Å²) >= 11 is 0. The van der Waals surface area contributed by atoms with Crippen molar-refractivity contribution in [3.05, 3.63) is 42.5 Å². The highest BCUT2D eigenvalue weighted by Crippen LogP contribution is 2.33. The Balaban J connectivity index is 1.59. The minimum absolute atomic E-state index is 0.0701. The third kappa shape index (κ3) is 4.46. The number of rotatable bonds is 7. The van der Waals surface area contributed by atoms with Gasteiger partial charge in [-0.15, -0.1) is 0 Å². The summed E-state index contributed by atoms with van der Waals surface area (Å²) in [4.78, 5) is 30.1. The number of para-hydroxylation sites is 1. The number of esters is 1. The van der Waals surface area contributed by atoms with E-state index in [1.165, 1.54) is 4.90 Å². The normalized spacial score (nSPS) is 15.7. The molecule has 1 aliphatic rings. The maximum Gasteiger partial charge on any atom is 0.326 e. The van der Waals surface area contributed by atoms with Gasteiger partial charge in [0.25, 0.3) is 5.91 Å². The summed E-state index contributed by atoms with van der Waals surface area (Å²) in [5.41, 5.74) is 5.70. The van der Waals surface area contributed by atoms with Gasteiger partial charge in [-0.05, 0) is 30.7 Å². The van der Waals surface area contributed by atoms with Crippen molar-refractivity contribution in [2.75, 3.05) is 30.4 Å². The molecule has 1 unspecified atom stereocenters. The van der Waals surface area contributed by atoms with Crippen LogP contribution >= 0.6 is 0 Å². The minimum Gasteiger partial charge on any atom is -0.490 e. The number of benzene rings is 1. The summed E-state index contributed by atoms with van der Waals surface area (Å²) < 4.78 is 16.3. The molecule has 0 saturated carbocycles. The second-order valence-electron chi connectivity index (χ2n) is 5.88. The van der Waals surface area contributed by atoms with E-state index in [0.29, 0.717) is 17.9 Å². The first kappa shape index (κ1) is 18.5. The average molecular weight is 371 g/mol. The van der Waals surface area contributed by atoms with Crippen molar-refractivity contribution < 1.29 is 23.8 Å². The van der Waals surface area contributed by atoms with Crippen LogP contribution in [0.4, 0.5) is 11.6 Å². The first-order chi connectivity index (χ1) is 13.1. The molecule has 1 aromatic heterocycles. The predicted molar refractivity (Wildman–Crippen MR) is 98.6 cm³/mol. The molecular formula is C19H21N3O5. The van der Waals surface area contributed by atoms with Gasteiger partial charge in [0.1, 0.15) is 31.3 Å². The number of aromatic nitrogens is 1. The van der Waals surface area contributed by atoms with E-state index in [1.54, 1.807) is 12.1 Å². The third-order valence-corrected chi connectivity index (χ3v) is 3.94. The Labute approximate surface area is 156 Å². The van der Waals surface area contributed by atoms with Crippen LogP contribution in [0.15, 0.2) is 42.5 Å². The molecule has 8 nitrogen and oxygen atoms in total. The van der Waals surface area contributed by atoms with Gasteiger partial charge in [0, 0.05) is 0 Å². The first-order valence-electron chi connectivity index (χ1n) is 8.66. The number of anilines is 2. The Morgan fingerprint density at radius 1 is 1.22 bits per heavy atom. The van der Waals surface area contributed by atoms with Gasteiger partial charge in [0.05, 0.1) is 0 Å². The largest absolute Gasteiger partial charge is 0.490 e. The zero-order valence-corrected chi connectivity index (χ0v) is 15.0. The topological polar surface area (TPSA) is 104 Å². The number of hydrogen-bond acceptors (Lipinski definition) is 7. The minimum atomic E-state index is -0.669. The van der Waals surface area contributed by atoms with Crippen molar-refractivity contribution in [3.8, 4) is 11.5 Å². The van der Waals surface area contributed by atoms with E-state index >= 15 is 0 Å². The van der Waals surface area contributed by atoms with Gasteiger partial charge in [-0.25, -0.2) is 4.98 Å². The van der Waals surface area contributed by atoms with E-state index < -0.39 is 12.1 Å². The van der Waals surface area contributed by atoms with Crippen LogP contribution in [0, 0.1) is 0 Å². The molecule has 0 fully saturated rings. The summed E-state index contributed by atoms with van der Waals surface area (Å²) in [6.45, 7) is 1.84. The molecule has 0 spiro atoms. The smallest absolute Gasteiger partial charge is 0.326 e. The Hall–Kier alpha value is -3.29. The Bertz CT molecular complexity index is 812. The van der Waals surface area contributed by atoms with Crippen molar-refractivity contribution in [2.45, 2.75) is 19.4 Å². The lowest BCUT2D eigenvalue weighted by Crippen LogP contribution is -2.48. The van der Waals surface area contributed by atoms with Gasteiger partial charge in [0.15, 0.2) is 17.7 Å². The van der Waals surface area contributed by atoms with Crippen LogP contribution < -0.4 is 20.1 Å². The van der Waals surface area contributed by atoms with Crippen molar-refractivity contribution in [1.29, 1.82) is 0 Å². The fraction of sp³-hybridized carbons (Fsp3) is 0.316. The molecule has 1 atom stereocenters. The number of hydrogen-bond donors (Lipinski definition) is 1. The fourth-order valence-electron chi connectivity index (χ4n) is 2.63. The van der Waals surface area contributed by atoms with Crippen LogP contribution in [-0.2, 0) is 14.3 Å². The Morgan fingerprint density at radius 2 is 2.00 bits per heavy atom. The maximum absolute atomic E-state index is 12.6. The second-order valence-corrected chi connectivity index (χ2v) is 5.88. The molecule has 1 aromatic carbocycles. The number of pyridine rings is 1. The number of ether oxygens (including phenoxy) is 3. The van der Waals surface area contributed by atoms with Crippen molar-refractivity contribution >= 4 is 23.5 Å². The zero-order chi connectivity index (χ0) is 19.2. The lowest BCUT2D eigenvalue weighted by Gasteiger charge is -2.32. The van der Waals surface area contributed by atoms with E-state index in [1.807, 2.05) is 37.3 Å². The molecule has 3 rings (SSSR count). The predicted octanol–water partition coefficient (Wildman–Crippen LogP) is 1.79. The quantitative estimate of drug-likeness (QED) is 0.584. The lowest BCUT2D eigenvalue weighted by atomic mass is 10.2. The summed E-state index contributed by atoms with van der Waals surface area (Å²) in [7, 11) is 0. The highest BCUT2D eigenvalue weighted by molar-refractivity contribution is 6.02. The summed E-state index contributed by atoms with van der Waals surface area (Å²) in [5, 5.41) is 0. The SMILES string of the molecule is CCC1Oc2ccc(N)nc2N(CC(=O)OCCOc2ccccc2)C1=O. The summed E-state index contributed by atoms with van der Waals surface area (Å²) in [5.74, 6) is 0.650. The van der Waals surface area contributed by atoms with Crippen LogP contribution in [0.3, 0.4) is 0 Å². The van der Waals surface area contributed by atoms with E-state index in [4.69, 9.17) is 19.9 Å². The van der Waals surface area contributed by atoms with E-state index in [-0.39, 0.29) is 37.3 Å². The molecular weight excluding hydrogens is 350 g/mol. The monoisotopic (exact) mass is 371 g/mol. The summed E-state index contributed by atoms with van der Waals surface area (Å²) in [6, 6.07) is 12.4. The van der Waals surface area contributed by atoms with Crippen LogP contribution in [0.25, 0.3) is 0 Å². The van der Waals surface area contributed by atoms with Crippen LogP contribution in [0.2, 0.25) is 0 Å². The van der Waals surface area contributed by atoms with Gasteiger partial charge in [-0.2, -0.15) is 0 Å². The van der Waals surface area contributed by atoms with Gasteiger partial charge in [-0.3, -0.25) is 14.5 Å². The standard InChI is InChI=1S/C19H21N3O5/c1-2-14-19(24)22(18-15(27-14)8-9-16(20)21-18)12-17(23)26-11-10-25-13-6-4-3-5-7-13/h3-9,14H,2,10-12H2,1H3,(H2,20,21). The molecule has 1 amide bonds. The highest BCUT2D eigenvalue weighted by Gasteiger charge is 2.36. The molecule has 2 heterocycles. The number of fused-ring (bicyclic) bond motifs is 1. The number of carbonyl (C=O) groups is 2. The first-order valence-corrected chi connectivity index (χ1v) is 8.66. The molecule has 27 heavy (non-hydrogen) atoms. The molecule has 2 aromatic rings. The zero-order valence-electron chi connectivity index (χ0n) is 15.0. The Morgan fingerprint density at radius 3 is 2.74 bits per heavy atom. The molecule has 142 valence electrons. The van der Waals surface area contributed by atoms with E-state index in [9.17, 15) is 9.59 Å². The second kappa shape index (κ2) is 8.39. The average Bonchev–Trinajstić information content (AvgIpc) is 2.68. The van der Waals surface area contributed by atoms with Gasteiger partial charge < -0.3 is 19.9 Å². The lowest BCUT2D eigenvalue weighted by molar-refractivity contribution is -0.144. The van der Waals surface area contributed by atoms with Crippen molar-refractivity contribution in [2.24, 2.45) is 0 Å². The number of nitrogens with zero attached hydrogens (tertiary/aromatic N) is 2. The number of amides is 1. The van der Waals surface area contributed by atoms with Crippen LogP contribution in [0.5, 0.6) is 11.5 Å². The van der Waals surface area contributed by atoms with Crippen molar-refractivity contribution in [3.63, 3.8) is 0 Å². The van der Waals surface area contributed by atoms with Crippen LogP contribution in [-0.4, -0.2) is 42.7 Å². The highest BCUT2D eigenvalue weighted by atomic mass is 16.6. The van der Waals surface area contributed by atoms with Crippen LogP contribution in [0.1, 0.15) is 13.3 Å². The summed E-state index contributed by atoms with van der Waals surface area (Å²) in [6.07, 6.45) is -0.198. The molecule has 8 heteroatoms. The van der Waals surface area contributed by atoms with Gasteiger partial charge in [0.2, 0.25) is 0 Å². The third-order valence-electron chi connectivity index (χ3n) is 3.94. The molecule has 0 radical (unpaired) electrons. The number of nitrogens with two attached hydrogens (primary N) is 1. The van der Waals surface area contributed by atoms with E-state index in [0.717, 1.165) is 0 Å². The molecule has 0 saturated heterocycles. The van der Waals surface area contributed by atoms with Crippen molar-refractivity contribution in [1.82, 2.24) is 4.98 Å². The molecule has 0 aliphatic carbocycles. The van der Waals surface area contributed by atoms with Gasteiger partial charge in [-0.1, -0.05) is 25.1 Å². The molecule has 1 aliphatic heterocycles. The maximum atomic E-state index is 12.6. The Kier molecular flexibility index (Phi) is 5.75. The van der Waals surface area contributed by atoms with Gasteiger partial charge >= 0.3 is 5.97 Å². The molecule has 2 N–H and O–H groups in total. The van der Waals surface area contributed by atoms with E-state index in [2.05, 4.69) is 4.98 Å². The number of nitrogen functional groups attached to an aromatic ring is 1. The molecule has 0 bridgehead atoms.